The van der Waals surface area contributed by atoms with Gasteiger partial charge in [-0.25, -0.2) is 13.1 Å². The highest BCUT2D eigenvalue weighted by molar-refractivity contribution is 7.91. The number of aliphatic hydroxyl groups excluding tert-OH is 1. The second-order valence-corrected chi connectivity index (χ2v) is 8.50. The molecular weight excluding hydrogens is 282 g/mol. The second-order valence-electron chi connectivity index (χ2n) is 5.42. The molecule has 1 aliphatic rings. The largest absolute Gasteiger partial charge is 0.396 e. The van der Waals surface area contributed by atoms with Crippen molar-refractivity contribution in [1.29, 1.82) is 0 Å². The third-order valence-electron chi connectivity index (χ3n) is 3.60. The first kappa shape index (κ1) is 15.0. The Balaban J connectivity index is 2.12. The smallest absolute Gasteiger partial charge is 0.250 e. The molecule has 0 spiro atoms. The number of rotatable bonds is 5. The van der Waals surface area contributed by atoms with E-state index in [-0.39, 0.29) is 12.1 Å². The standard InChI is InChI=1S/C13H21NO3S2/c1-13(8-3-2-4-9-13)14-19(16,17)12-6-5-11(18-12)7-10-15/h5-6,14-15H,2-4,7-10H2,1H3. The van der Waals surface area contributed by atoms with Crippen LogP contribution in [0.25, 0.3) is 0 Å². The van der Waals surface area contributed by atoms with Crippen LogP contribution in [0.15, 0.2) is 16.3 Å². The van der Waals surface area contributed by atoms with E-state index in [4.69, 9.17) is 5.11 Å². The summed E-state index contributed by atoms with van der Waals surface area (Å²) in [7, 11) is -3.43. The molecule has 0 bridgehead atoms. The maximum absolute atomic E-state index is 12.4. The fourth-order valence-corrected chi connectivity index (χ4v) is 5.37. The molecule has 0 aromatic carbocycles. The molecule has 4 nitrogen and oxygen atoms in total. The van der Waals surface area contributed by atoms with Gasteiger partial charge in [0.2, 0.25) is 0 Å². The van der Waals surface area contributed by atoms with Crippen LogP contribution in [-0.4, -0.2) is 25.7 Å². The molecule has 0 saturated heterocycles. The topological polar surface area (TPSA) is 66.4 Å². The van der Waals surface area contributed by atoms with Gasteiger partial charge in [0.15, 0.2) is 0 Å². The van der Waals surface area contributed by atoms with E-state index in [0.717, 1.165) is 30.6 Å². The Bertz CT molecular complexity index is 516. The zero-order valence-electron chi connectivity index (χ0n) is 11.2. The number of nitrogens with one attached hydrogen (secondary N) is 1. The molecule has 0 amide bonds. The van der Waals surface area contributed by atoms with E-state index in [1.807, 2.05) is 6.92 Å². The molecule has 19 heavy (non-hydrogen) atoms. The van der Waals surface area contributed by atoms with Crippen molar-refractivity contribution in [1.82, 2.24) is 4.72 Å². The summed E-state index contributed by atoms with van der Waals surface area (Å²) in [6.45, 7) is 2.04. The van der Waals surface area contributed by atoms with E-state index in [1.165, 1.54) is 17.8 Å². The first-order chi connectivity index (χ1) is 8.95. The Hall–Kier alpha value is -0.430. The number of sulfonamides is 1. The zero-order valence-corrected chi connectivity index (χ0v) is 12.8. The summed E-state index contributed by atoms with van der Waals surface area (Å²) < 4.78 is 27.9. The van der Waals surface area contributed by atoms with Gasteiger partial charge in [0.1, 0.15) is 4.21 Å². The van der Waals surface area contributed by atoms with E-state index >= 15 is 0 Å². The third kappa shape index (κ3) is 3.78. The summed E-state index contributed by atoms with van der Waals surface area (Å²) in [5.41, 5.74) is -0.307. The lowest BCUT2D eigenvalue weighted by molar-refractivity contribution is 0.294. The molecule has 1 aliphatic carbocycles. The van der Waals surface area contributed by atoms with Crippen molar-refractivity contribution in [3.63, 3.8) is 0 Å². The minimum Gasteiger partial charge on any atom is -0.396 e. The van der Waals surface area contributed by atoms with Crippen LogP contribution in [0.1, 0.15) is 43.9 Å². The summed E-state index contributed by atoms with van der Waals surface area (Å²) >= 11 is 1.24. The van der Waals surface area contributed by atoms with Crippen LogP contribution < -0.4 is 4.72 Å². The second kappa shape index (κ2) is 5.91. The van der Waals surface area contributed by atoms with Crippen molar-refractivity contribution in [2.24, 2.45) is 0 Å². The maximum atomic E-state index is 12.4. The van der Waals surface area contributed by atoms with E-state index < -0.39 is 10.0 Å². The van der Waals surface area contributed by atoms with Crippen molar-refractivity contribution in [2.45, 2.75) is 55.2 Å². The number of hydrogen-bond donors (Lipinski definition) is 2. The highest BCUT2D eigenvalue weighted by Gasteiger charge is 2.32. The van der Waals surface area contributed by atoms with Crippen LogP contribution in [0.2, 0.25) is 0 Å². The van der Waals surface area contributed by atoms with Gasteiger partial charge in [-0.1, -0.05) is 19.3 Å². The predicted molar refractivity (Wildman–Crippen MR) is 76.9 cm³/mol. The molecule has 1 aromatic heterocycles. The average molecular weight is 303 g/mol. The average Bonchev–Trinajstić information content (AvgIpc) is 2.78. The lowest BCUT2D eigenvalue weighted by atomic mass is 9.84. The Labute approximate surface area is 118 Å². The van der Waals surface area contributed by atoms with Crippen LogP contribution in [0, 0.1) is 0 Å². The van der Waals surface area contributed by atoms with Crippen molar-refractivity contribution >= 4 is 21.4 Å². The predicted octanol–water partition coefficient (Wildman–Crippen LogP) is 2.28. The third-order valence-corrected chi connectivity index (χ3v) is 6.87. The molecule has 0 atom stereocenters. The van der Waals surface area contributed by atoms with Crippen LogP contribution >= 0.6 is 11.3 Å². The molecule has 0 unspecified atom stereocenters. The van der Waals surface area contributed by atoms with Gasteiger partial charge in [-0.05, 0) is 31.9 Å². The Morgan fingerprint density at radius 3 is 2.63 bits per heavy atom. The first-order valence-corrected chi connectivity index (χ1v) is 8.99. The maximum Gasteiger partial charge on any atom is 0.250 e. The molecular formula is C13H21NO3S2. The van der Waals surface area contributed by atoms with Gasteiger partial charge in [-0.15, -0.1) is 11.3 Å². The number of hydrogen-bond acceptors (Lipinski definition) is 4. The van der Waals surface area contributed by atoms with Crippen LogP contribution in [0.5, 0.6) is 0 Å². The van der Waals surface area contributed by atoms with Crippen LogP contribution in [0.4, 0.5) is 0 Å². The fraction of sp³-hybridized carbons (Fsp3) is 0.692. The minimum absolute atomic E-state index is 0.0468. The first-order valence-electron chi connectivity index (χ1n) is 6.69. The lowest BCUT2D eigenvalue weighted by Gasteiger charge is -2.33. The SMILES string of the molecule is CC1(NS(=O)(=O)c2ccc(CCO)s2)CCCCC1. The Kier molecular flexibility index (Phi) is 4.66. The number of aliphatic hydroxyl groups is 1. The molecule has 1 aromatic rings. The summed E-state index contributed by atoms with van der Waals surface area (Å²) in [6, 6.07) is 3.41. The molecule has 1 fully saturated rings. The fourth-order valence-electron chi connectivity index (χ4n) is 2.56. The Morgan fingerprint density at radius 1 is 1.32 bits per heavy atom. The summed E-state index contributed by atoms with van der Waals surface area (Å²) in [6.07, 6.45) is 5.68. The van der Waals surface area contributed by atoms with Gasteiger partial charge in [0, 0.05) is 23.4 Å². The van der Waals surface area contributed by atoms with E-state index in [2.05, 4.69) is 4.72 Å². The van der Waals surface area contributed by atoms with Crippen molar-refractivity contribution in [3.05, 3.63) is 17.0 Å². The van der Waals surface area contributed by atoms with Gasteiger partial charge in [-0.3, -0.25) is 0 Å². The molecule has 108 valence electrons. The molecule has 0 aliphatic heterocycles. The molecule has 0 radical (unpaired) electrons. The van der Waals surface area contributed by atoms with Crippen LogP contribution in [-0.2, 0) is 16.4 Å². The van der Waals surface area contributed by atoms with E-state index in [9.17, 15) is 8.42 Å². The molecule has 1 heterocycles. The minimum atomic E-state index is -3.43. The van der Waals surface area contributed by atoms with E-state index in [0.29, 0.717) is 10.6 Å². The lowest BCUT2D eigenvalue weighted by Crippen LogP contribution is -2.46. The summed E-state index contributed by atoms with van der Waals surface area (Å²) in [4.78, 5) is 0.900. The molecule has 6 heteroatoms. The highest BCUT2D eigenvalue weighted by atomic mass is 32.2. The van der Waals surface area contributed by atoms with Gasteiger partial charge < -0.3 is 5.11 Å². The zero-order chi connectivity index (χ0) is 13.9. The van der Waals surface area contributed by atoms with Crippen molar-refractivity contribution < 1.29 is 13.5 Å². The van der Waals surface area contributed by atoms with Crippen molar-refractivity contribution in [2.75, 3.05) is 6.61 Å². The van der Waals surface area contributed by atoms with Gasteiger partial charge in [-0.2, -0.15) is 0 Å². The summed E-state index contributed by atoms with van der Waals surface area (Å²) in [5.74, 6) is 0. The highest BCUT2D eigenvalue weighted by Crippen LogP contribution is 2.30. The molecule has 2 rings (SSSR count). The van der Waals surface area contributed by atoms with Gasteiger partial charge >= 0.3 is 0 Å². The van der Waals surface area contributed by atoms with Gasteiger partial charge in [0.05, 0.1) is 0 Å². The molecule has 2 N–H and O–H groups in total. The number of thiophene rings is 1. The monoisotopic (exact) mass is 303 g/mol. The molecule has 1 saturated carbocycles. The van der Waals surface area contributed by atoms with Gasteiger partial charge in [0.25, 0.3) is 10.0 Å². The van der Waals surface area contributed by atoms with E-state index in [1.54, 1.807) is 12.1 Å². The van der Waals surface area contributed by atoms with Crippen molar-refractivity contribution in [3.8, 4) is 0 Å². The summed E-state index contributed by atoms with van der Waals surface area (Å²) in [5, 5.41) is 8.88. The van der Waals surface area contributed by atoms with Crippen LogP contribution in [0.3, 0.4) is 0 Å². The Morgan fingerprint density at radius 2 is 2.00 bits per heavy atom. The quantitative estimate of drug-likeness (QED) is 0.877. The normalized spacial score (nSPS) is 19.5.